The normalized spacial score (nSPS) is 11.4. The molecule has 0 saturated carbocycles. The molecule has 0 saturated heterocycles. The number of carbonyl (C=O) groups excluding carboxylic acids is 1. The molecule has 0 amide bonds. The van der Waals surface area contributed by atoms with E-state index in [-0.39, 0.29) is 11.5 Å². The molecule has 0 aliphatic heterocycles. The predicted octanol–water partition coefficient (Wildman–Crippen LogP) is 2.33. The van der Waals surface area contributed by atoms with Crippen molar-refractivity contribution in [2.45, 2.75) is 0 Å². The zero-order valence-corrected chi connectivity index (χ0v) is 9.24. The highest BCUT2D eigenvalue weighted by Crippen LogP contribution is 2.13. The number of ketones is 1. The number of hydrogen-bond acceptors (Lipinski definition) is 3. The minimum Gasteiger partial charge on any atom is -0.872 e. The quantitative estimate of drug-likeness (QED) is 0.460. The lowest BCUT2D eigenvalue weighted by Gasteiger charge is -2.10. The summed E-state index contributed by atoms with van der Waals surface area (Å²) >= 11 is 1.34. The largest absolute Gasteiger partial charge is 0.872 e. The van der Waals surface area contributed by atoms with Gasteiger partial charge in [0.25, 0.3) is 0 Å². The van der Waals surface area contributed by atoms with E-state index in [9.17, 15) is 9.90 Å². The Bertz CT molecular complexity index is 498. The molecule has 0 N–H and O–H groups in total. The summed E-state index contributed by atoms with van der Waals surface area (Å²) < 4.78 is 0. The molecule has 0 unspecified atom stereocenters. The molecule has 2 aromatic rings. The van der Waals surface area contributed by atoms with Crippen LogP contribution in [0.1, 0.15) is 15.2 Å². The SMILES string of the molecule is O=C(/C=C(\[O-])c1ccccc1)c1cccs1. The minimum atomic E-state index is -0.251. The summed E-state index contributed by atoms with van der Waals surface area (Å²) in [6.45, 7) is 0. The second-order valence-corrected chi connectivity index (χ2v) is 4.16. The van der Waals surface area contributed by atoms with Gasteiger partial charge in [0, 0.05) is 0 Å². The minimum absolute atomic E-state index is 0.233. The van der Waals surface area contributed by atoms with Crippen molar-refractivity contribution >= 4 is 22.9 Å². The molecule has 0 aliphatic carbocycles. The van der Waals surface area contributed by atoms with Gasteiger partial charge in [-0.3, -0.25) is 4.79 Å². The van der Waals surface area contributed by atoms with Crippen LogP contribution in [0.15, 0.2) is 53.9 Å². The van der Waals surface area contributed by atoms with E-state index in [4.69, 9.17) is 0 Å². The van der Waals surface area contributed by atoms with Gasteiger partial charge < -0.3 is 5.11 Å². The number of allylic oxidation sites excluding steroid dienone is 1. The lowest BCUT2D eigenvalue weighted by Crippen LogP contribution is -2.05. The summed E-state index contributed by atoms with van der Waals surface area (Å²) in [4.78, 5) is 12.2. The average Bonchev–Trinajstić information content (AvgIpc) is 2.83. The van der Waals surface area contributed by atoms with Gasteiger partial charge >= 0.3 is 0 Å². The van der Waals surface area contributed by atoms with Gasteiger partial charge in [0.1, 0.15) is 0 Å². The number of hydrogen-bond donors (Lipinski definition) is 0. The standard InChI is InChI=1S/C13H10O2S/c14-11(10-5-2-1-3-6-10)9-12(15)13-7-4-8-16-13/h1-9,14H/p-1/b11-9-. The lowest BCUT2D eigenvalue weighted by atomic mass is 10.1. The second kappa shape index (κ2) is 4.77. The fourth-order valence-electron chi connectivity index (χ4n) is 1.29. The Morgan fingerprint density at radius 3 is 2.50 bits per heavy atom. The van der Waals surface area contributed by atoms with Crippen molar-refractivity contribution in [1.29, 1.82) is 0 Å². The van der Waals surface area contributed by atoms with E-state index in [1.165, 1.54) is 11.3 Å². The average molecular weight is 229 g/mol. The van der Waals surface area contributed by atoms with Crippen LogP contribution in [0.2, 0.25) is 0 Å². The van der Waals surface area contributed by atoms with Crippen molar-refractivity contribution in [1.82, 2.24) is 0 Å². The van der Waals surface area contributed by atoms with E-state index < -0.39 is 0 Å². The third-order valence-corrected chi connectivity index (χ3v) is 2.97. The van der Waals surface area contributed by atoms with Crippen LogP contribution in [-0.4, -0.2) is 5.78 Å². The number of carbonyl (C=O) groups is 1. The molecular weight excluding hydrogens is 220 g/mol. The number of rotatable bonds is 3. The molecule has 1 aromatic carbocycles. The van der Waals surface area contributed by atoms with Gasteiger partial charge in [-0.25, -0.2) is 0 Å². The van der Waals surface area contributed by atoms with Crippen LogP contribution in [0, 0.1) is 0 Å². The van der Waals surface area contributed by atoms with Crippen molar-refractivity contribution in [3.63, 3.8) is 0 Å². The van der Waals surface area contributed by atoms with Gasteiger partial charge in [-0.05, 0) is 23.1 Å². The molecule has 16 heavy (non-hydrogen) atoms. The molecule has 0 atom stereocenters. The molecular formula is C13H9O2S-. The first kappa shape index (κ1) is 10.6. The maximum Gasteiger partial charge on any atom is 0.195 e. The third-order valence-electron chi connectivity index (χ3n) is 2.08. The van der Waals surface area contributed by atoms with E-state index in [1.54, 1.807) is 36.4 Å². The Kier molecular flexibility index (Phi) is 3.17. The van der Waals surface area contributed by atoms with Gasteiger partial charge in [0.15, 0.2) is 5.78 Å². The molecule has 0 fully saturated rings. The van der Waals surface area contributed by atoms with Crippen LogP contribution in [0.4, 0.5) is 0 Å². The van der Waals surface area contributed by atoms with Gasteiger partial charge in [-0.1, -0.05) is 42.2 Å². The van der Waals surface area contributed by atoms with Crippen LogP contribution in [0.5, 0.6) is 0 Å². The van der Waals surface area contributed by atoms with Crippen molar-refractivity contribution in [2.75, 3.05) is 0 Å². The van der Waals surface area contributed by atoms with Gasteiger partial charge in [0.2, 0.25) is 0 Å². The van der Waals surface area contributed by atoms with Crippen molar-refractivity contribution < 1.29 is 9.90 Å². The Morgan fingerprint density at radius 2 is 1.88 bits per heavy atom. The summed E-state index contributed by atoms with van der Waals surface area (Å²) in [6.07, 6.45) is 1.14. The highest BCUT2D eigenvalue weighted by molar-refractivity contribution is 7.12. The van der Waals surface area contributed by atoms with Crippen LogP contribution >= 0.6 is 11.3 Å². The Morgan fingerprint density at radius 1 is 1.12 bits per heavy atom. The maximum atomic E-state index is 11.7. The molecule has 0 bridgehead atoms. The highest BCUT2D eigenvalue weighted by atomic mass is 32.1. The van der Waals surface area contributed by atoms with E-state index in [2.05, 4.69) is 0 Å². The first-order valence-electron chi connectivity index (χ1n) is 4.79. The molecule has 1 heterocycles. The number of thiophene rings is 1. The summed E-state index contributed by atoms with van der Waals surface area (Å²) in [6, 6.07) is 12.3. The summed E-state index contributed by atoms with van der Waals surface area (Å²) in [5.74, 6) is -0.483. The highest BCUT2D eigenvalue weighted by Gasteiger charge is 2.02. The van der Waals surface area contributed by atoms with E-state index >= 15 is 0 Å². The predicted molar refractivity (Wildman–Crippen MR) is 63.1 cm³/mol. The first-order chi connectivity index (χ1) is 7.77. The Hall–Kier alpha value is -1.87. The third kappa shape index (κ3) is 2.38. The van der Waals surface area contributed by atoms with Crippen LogP contribution in [-0.2, 0) is 0 Å². The number of benzene rings is 1. The molecule has 2 nitrogen and oxygen atoms in total. The fourth-order valence-corrected chi connectivity index (χ4v) is 1.93. The van der Waals surface area contributed by atoms with Crippen LogP contribution < -0.4 is 5.11 Å². The van der Waals surface area contributed by atoms with Gasteiger partial charge in [0.05, 0.1) is 4.88 Å². The maximum absolute atomic E-state index is 11.7. The lowest BCUT2D eigenvalue weighted by molar-refractivity contribution is -0.243. The van der Waals surface area contributed by atoms with E-state index in [1.807, 2.05) is 11.4 Å². The van der Waals surface area contributed by atoms with Crippen molar-refractivity contribution in [3.8, 4) is 0 Å². The Balaban J connectivity index is 2.23. The van der Waals surface area contributed by atoms with E-state index in [0.29, 0.717) is 10.4 Å². The van der Waals surface area contributed by atoms with Crippen LogP contribution in [0.25, 0.3) is 5.76 Å². The molecule has 2 rings (SSSR count). The summed E-state index contributed by atoms with van der Waals surface area (Å²) in [5, 5.41) is 13.5. The zero-order chi connectivity index (χ0) is 11.4. The van der Waals surface area contributed by atoms with Crippen molar-refractivity contribution in [2.24, 2.45) is 0 Å². The summed E-state index contributed by atoms with van der Waals surface area (Å²) in [5.41, 5.74) is 0.535. The van der Waals surface area contributed by atoms with Gasteiger partial charge in [-0.15, -0.1) is 11.3 Å². The van der Waals surface area contributed by atoms with Gasteiger partial charge in [-0.2, -0.15) is 0 Å². The molecule has 0 aliphatic rings. The fraction of sp³-hybridized carbons (Fsp3) is 0. The van der Waals surface area contributed by atoms with Crippen LogP contribution in [0.3, 0.4) is 0 Å². The van der Waals surface area contributed by atoms with Crippen molar-refractivity contribution in [3.05, 3.63) is 64.4 Å². The monoisotopic (exact) mass is 229 g/mol. The smallest absolute Gasteiger partial charge is 0.195 e. The topological polar surface area (TPSA) is 40.1 Å². The summed E-state index contributed by atoms with van der Waals surface area (Å²) in [7, 11) is 0. The van der Waals surface area contributed by atoms with E-state index in [0.717, 1.165) is 6.08 Å². The zero-order valence-electron chi connectivity index (χ0n) is 8.42. The molecule has 0 spiro atoms. The second-order valence-electron chi connectivity index (χ2n) is 3.22. The first-order valence-corrected chi connectivity index (χ1v) is 5.67. The molecule has 1 aromatic heterocycles. The molecule has 80 valence electrons. The molecule has 3 heteroatoms. The molecule has 0 radical (unpaired) electrons. The Labute approximate surface area is 97.5 Å².